The molecule has 7 nitrogen and oxygen atoms in total. The molecule has 0 aliphatic carbocycles. The molecule has 1 saturated heterocycles. The molecule has 1 aliphatic heterocycles. The van der Waals surface area contributed by atoms with Gasteiger partial charge in [-0.15, -0.1) is 0 Å². The van der Waals surface area contributed by atoms with Crippen molar-refractivity contribution >= 4 is 50.2 Å². The van der Waals surface area contributed by atoms with Crippen molar-refractivity contribution in [3.63, 3.8) is 0 Å². The van der Waals surface area contributed by atoms with Crippen molar-refractivity contribution in [3.8, 4) is 0 Å². The lowest BCUT2D eigenvalue weighted by atomic mass is 10.3. The van der Waals surface area contributed by atoms with Crippen molar-refractivity contribution in [3.05, 3.63) is 18.2 Å². The molecular weight excluding hydrogens is 304 g/mol. The van der Waals surface area contributed by atoms with Gasteiger partial charge < -0.3 is 10.2 Å². The van der Waals surface area contributed by atoms with Gasteiger partial charge in [0.15, 0.2) is 5.13 Å². The van der Waals surface area contributed by atoms with Crippen LogP contribution in [0.25, 0.3) is 10.2 Å². The molecule has 0 bridgehead atoms. The fourth-order valence-electron chi connectivity index (χ4n) is 2.11. The maximum absolute atomic E-state index is 11.8. The van der Waals surface area contributed by atoms with E-state index in [1.54, 1.807) is 32.3 Å². The number of nitrogens with zero attached hydrogens (tertiary/aromatic N) is 3. The first-order valence-corrected chi connectivity index (χ1v) is 7.52. The molecule has 4 amide bonds. The van der Waals surface area contributed by atoms with E-state index in [1.807, 2.05) is 0 Å². The van der Waals surface area contributed by atoms with Gasteiger partial charge in [-0.1, -0.05) is 11.3 Å². The predicted molar refractivity (Wildman–Crippen MR) is 84.1 cm³/mol. The molecule has 22 heavy (non-hydrogen) atoms. The Kier molecular flexibility index (Phi) is 3.53. The molecule has 1 aromatic carbocycles. The average molecular weight is 318 g/mol. The van der Waals surface area contributed by atoms with Crippen molar-refractivity contribution in [2.75, 3.05) is 24.3 Å². The Labute approximate surface area is 130 Å². The second-order valence-corrected chi connectivity index (χ2v) is 6.14. The van der Waals surface area contributed by atoms with E-state index in [-0.39, 0.29) is 30.7 Å². The first-order valence-electron chi connectivity index (χ1n) is 6.70. The van der Waals surface area contributed by atoms with Crippen LogP contribution < -0.4 is 10.2 Å². The number of thiazole rings is 1. The van der Waals surface area contributed by atoms with Gasteiger partial charge in [-0.2, -0.15) is 0 Å². The number of benzene rings is 1. The quantitative estimate of drug-likeness (QED) is 0.859. The Hall–Kier alpha value is -2.48. The molecule has 0 saturated carbocycles. The van der Waals surface area contributed by atoms with Gasteiger partial charge in [-0.05, 0) is 18.2 Å². The highest BCUT2D eigenvalue weighted by Crippen LogP contribution is 2.33. The number of carbonyl (C=O) groups is 3. The molecule has 1 aliphatic rings. The van der Waals surface area contributed by atoms with Crippen LogP contribution in [0.4, 0.5) is 15.6 Å². The number of nitrogens with one attached hydrogen (secondary N) is 1. The van der Waals surface area contributed by atoms with E-state index in [0.717, 1.165) is 9.60 Å². The van der Waals surface area contributed by atoms with Crippen LogP contribution in [-0.2, 0) is 9.59 Å². The smallest absolute Gasteiger partial charge is 0.321 e. The number of hydrogen-bond acceptors (Lipinski definition) is 5. The molecule has 2 aromatic rings. The number of carbonyl (C=O) groups excluding carboxylic acids is 3. The zero-order valence-corrected chi connectivity index (χ0v) is 12.9. The Morgan fingerprint density at radius 1 is 1.27 bits per heavy atom. The van der Waals surface area contributed by atoms with Crippen LogP contribution in [0.15, 0.2) is 18.2 Å². The molecule has 0 radical (unpaired) electrons. The normalized spacial score (nSPS) is 14.7. The number of rotatable bonds is 2. The molecule has 114 valence electrons. The summed E-state index contributed by atoms with van der Waals surface area (Å²) < 4.78 is 0.805. The van der Waals surface area contributed by atoms with Gasteiger partial charge in [-0.3, -0.25) is 9.59 Å². The summed E-state index contributed by atoms with van der Waals surface area (Å²) in [6.07, 6.45) is 0.470. The maximum Gasteiger partial charge on any atom is 0.321 e. The monoisotopic (exact) mass is 318 g/mol. The molecule has 0 atom stereocenters. The van der Waals surface area contributed by atoms with Crippen LogP contribution in [0, 0.1) is 0 Å². The third kappa shape index (κ3) is 2.52. The van der Waals surface area contributed by atoms with Crippen LogP contribution in [0.3, 0.4) is 0 Å². The molecule has 1 N–H and O–H groups in total. The number of amides is 4. The molecule has 0 spiro atoms. The first kappa shape index (κ1) is 14.5. The van der Waals surface area contributed by atoms with Crippen molar-refractivity contribution < 1.29 is 14.4 Å². The fraction of sp³-hybridized carbons (Fsp3) is 0.286. The van der Waals surface area contributed by atoms with E-state index < -0.39 is 0 Å². The van der Waals surface area contributed by atoms with Crippen molar-refractivity contribution in [1.82, 2.24) is 9.88 Å². The minimum atomic E-state index is -0.228. The van der Waals surface area contributed by atoms with Crippen molar-refractivity contribution in [2.24, 2.45) is 0 Å². The van der Waals surface area contributed by atoms with Crippen molar-refractivity contribution in [1.29, 1.82) is 0 Å². The fourth-order valence-corrected chi connectivity index (χ4v) is 3.15. The van der Waals surface area contributed by atoms with Gasteiger partial charge in [-0.25, -0.2) is 14.7 Å². The summed E-state index contributed by atoms with van der Waals surface area (Å²) in [5, 5.41) is 3.14. The summed E-state index contributed by atoms with van der Waals surface area (Å²) in [6, 6.07) is 5.05. The van der Waals surface area contributed by atoms with Crippen LogP contribution in [0.1, 0.15) is 12.8 Å². The summed E-state index contributed by atoms with van der Waals surface area (Å²) in [5.41, 5.74) is 1.33. The van der Waals surface area contributed by atoms with E-state index >= 15 is 0 Å². The minimum absolute atomic E-state index is 0.217. The van der Waals surface area contributed by atoms with E-state index in [1.165, 1.54) is 16.2 Å². The van der Waals surface area contributed by atoms with Gasteiger partial charge >= 0.3 is 6.03 Å². The molecule has 1 fully saturated rings. The Bertz CT molecular complexity index is 767. The SMILES string of the molecule is CN(C)C(=O)Nc1ccc2nc(N3C(=O)CCC3=O)sc2c1. The van der Waals surface area contributed by atoms with Crippen molar-refractivity contribution in [2.45, 2.75) is 12.8 Å². The minimum Gasteiger partial charge on any atom is -0.331 e. The zero-order valence-electron chi connectivity index (χ0n) is 12.1. The number of anilines is 2. The second kappa shape index (κ2) is 5.38. The van der Waals surface area contributed by atoms with Crippen LogP contribution >= 0.6 is 11.3 Å². The van der Waals surface area contributed by atoms with Crippen LogP contribution in [0.5, 0.6) is 0 Å². The third-order valence-electron chi connectivity index (χ3n) is 3.28. The topological polar surface area (TPSA) is 82.6 Å². The number of imide groups is 1. The zero-order chi connectivity index (χ0) is 15.9. The Balaban J connectivity index is 1.92. The van der Waals surface area contributed by atoms with Gasteiger partial charge in [0.2, 0.25) is 11.8 Å². The van der Waals surface area contributed by atoms with Crippen LogP contribution in [-0.4, -0.2) is 41.8 Å². The number of hydrogen-bond donors (Lipinski definition) is 1. The van der Waals surface area contributed by atoms with Gasteiger partial charge in [0.05, 0.1) is 10.2 Å². The molecule has 8 heteroatoms. The Morgan fingerprint density at radius 2 is 1.95 bits per heavy atom. The number of fused-ring (bicyclic) bond motifs is 1. The van der Waals surface area contributed by atoms with Crippen LogP contribution in [0.2, 0.25) is 0 Å². The van der Waals surface area contributed by atoms with E-state index in [4.69, 9.17) is 0 Å². The molecule has 1 aromatic heterocycles. The van der Waals surface area contributed by atoms with Gasteiger partial charge in [0.25, 0.3) is 0 Å². The largest absolute Gasteiger partial charge is 0.331 e. The average Bonchev–Trinajstić information content (AvgIpc) is 3.01. The highest BCUT2D eigenvalue weighted by Gasteiger charge is 2.32. The van der Waals surface area contributed by atoms with E-state index in [0.29, 0.717) is 16.3 Å². The third-order valence-corrected chi connectivity index (χ3v) is 4.28. The summed E-state index contributed by atoms with van der Waals surface area (Å²) in [5.74, 6) is -0.435. The molecular formula is C14H14N4O3S. The van der Waals surface area contributed by atoms with Gasteiger partial charge in [0, 0.05) is 32.6 Å². The molecule has 3 rings (SSSR count). The summed E-state index contributed by atoms with van der Waals surface area (Å²) in [7, 11) is 3.31. The van der Waals surface area contributed by atoms with E-state index in [9.17, 15) is 14.4 Å². The van der Waals surface area contributed by atoms with E-state index in [2.05, 4.69) is 10.3 Å². The molecule has 2 heterocycles. The second-order valence-electron chi connectivity index (χ2n) is 5.13. The first-order chi connectivity index (χ1) is 10.5. The number of aromatic nitrogens is 1. The standard InChI is InChI=1S/C14H14N4O3S/c1-17(2)13(21)15-8-3-4-9-10(7-8)22-14(16-9)18-11(19)5-6-12(18)20/h3-4,7H,5-6H2,1-2H3,(H,15,21). The lowest BCUT2D eigenvalue weighted by Gasteiger charge is -2.11. The summed E-state index contributed by atoms with van der Waals surface area (Å²) in [4.78, 5) is 42.1. The predicted octanol–water partition coefficient (Wildman–Crippen LogP) is 2.04. The summed E-state index contributed by atoms with van der Waals surface area (Å²) >= 11 is 1.26. The lowest BCUT2D eigenvalue weighted by molar-refractivity contribution is -0.121. The lowest BCUT2D eigenvalue weighted by Crippen LogP contribution is -2.28. The maximum atomic E-state index is 11.8. The summed E-state index contributed by atoms with van der Waals surface area (Å²) in [6.45, 7) is 0. The highest BCUT2D eigenvalue weighted by atomic mass is 32.1. The Morgan fingerprint density at radius 3 is 2.59 bits per heavy atom. The highest BCUT2D eigenvalue weighted by molar-refractivity contribution is 7.22. The number of urea groups is 1. The van der Waals surface area contributed by atoms with Gasteiger partial charge in [0.1, 0.15) is 0 Å². The molecule has 0 unspecified atom stereocenters.